The summed E-state index contributed by atoms with van der Waals surface area (Å²) in [5.74, 6) is 1.69. The van der Waals surface area contributed by atoms with E-state index in [1.54, 1.807) is 83.0 Å². The molecule has 0 spiro atoms. The van der Waals surface area contributed by atoms with Gasteiger partial charge < -0.3 is 0 Å². The third kappa shape index (κ3) is 5.18. The summed E-state index contributed by atoms with van der Waals surface area (Å²) in [5.41, 5.74) is 3.52. The van der Waals surface area contributed by atoms with E-state index in [-0.39, 0.29) is 0 Å². The van der Waals surface area contributed by atoms with Crippen LogP contribution in [0.4, 0.5) is 0 Å². The van der Waals surface area contributed by atoms with Crippen LogP contribution in [0.15, 0.2) is 0 Å². The van der Waals surface area contributed by atoms with Crippen molar-refractivity contribution in [3.8, 4) is 0 Å². The highest BCUT2D eigenvalue weighted by atomic mass is 31.2. The molecule has 0 aromatic carbocycles. The molecule has 0 N–H and O–H groups in total. The highest BCUT2D eigenvalue weighted by molar-refractivity contribution is 7.69. The summed E-state index contributed by atoms with van der Waals surface area (Å²) in [4.78, 5) is 0. The van der Waals surface area contributed by atoms with Crippen molar-refractivity contribution < 1.29 is 0 Å². The zero-order valence-electron chi connectivity index (χ0n) is 14.0. The van der Waals surface area contributed by atoms with Gasteiger partial charge in [0, 0.05) is 0 Å². The van der Waals surface area contributed by atoms with Crippen LogP contribution in [-0.2, 0) is 0 Å². The Kier molecular flexibility index (Phi) is 7.34. The first kappa shape index (κ1) is 16.7. The van der Waals surface area contributed by atoms with E-state index in [1.165, 1.54) is 39.2 Å². The van der Waals surface area contributed by atoms with Gasteiger partial charge in [-0.05, 0) is 61.4 Å². The van der Waals surface area contributed by atoms with E-state index < -0.39 is 0 Å². The molecule has 3 aliphatic carbocycles. The molecule has 3 rings (SSSR count). The van der Waals surface area contributed by atoms with Gasteiger partial charge in [0.25, 0.3) is 0 Å². The quantitative estimate of drug-likeness (QED) is 0.472. The smallest absolute Gasteiger partial charge is 0.0141 e. The van der Waals surface area contributed by atoms with Crippen molar-refractivity contribution in [2.45, 2.75) is 113 Å². The fourth-order valence-corrected chi connectivity index (χ4v) is 12.3. The molecule has 0 amide bonds. The van der Waals surface area contributed by atoms with Gasteiger partial charge in [-0.2, -0.15) is 0 Å². The Hall–Kier alpha value is 0.860. The lowest BCUT2D eigenvalue weighted by atomic mass is 9.99. The molecule has 1 unspecified atom stereocenters. The van der Waals surface area contributed by atoms with Crippen LogP contribution in [0.1, 0.15) is 96.3 Å². The summed E-state index contributed by atoms with van der Waals surface area (Å²) in [7, 11) is 1.73. The number of hydrogen-bond acceptors (Lipinski definition) is 0. The molecular formula is C19H36P2. The standard InChI is InChI=1S/C19H36P2/c1-4-10-17(11-5-1)20-16-21(18-12-6-2-7-13-18)19-14-8-3-9-15-19/h17-20H,1-16H2. The van der Waals surface area contributed by atoms with E-state index in [0.29, 0.717) is 7.92 Å². The van der Waals surface area contributed by atoms with Crippen molar-refractivity contribution in [3.63, 3.8) is 0 Å². The van der Waals surface area contributed by atoms with Crippen LogP contribution < -0.4 is 0 Å². The lowest BCUT2D eigenvalue weighted by Gasteiger charge is -2.39. The molecule has 0 bridgehead atoms. The summed E-state index contributed by atoms with van der Waals surface area (Å²) in [6, 6.07) is 0. The molecule has 0 heterocycles. The molecule has 2 heteroatoms. The zero-order valence-corrected chi connectivity index (χ0v) is 15.9. The molecule has 21 heavy (non-hydrogen) atoms. The highest BCUT2D eigenvalue weighted by Crippen LogP contribution is 2.59. The van der Waals surface area contributed by atoms with Crippen molar-refractivity contribution in [2.24, 2.45) is 0 Å². The van der Waals surface area contributed by atoms with E-state index in [1.807, 2.05) is 0 Å². The van der Waals surface area contributed by atoms with Gasteiger partial charge in [0.1, 0.15) is 0 Å². The van der Waals surface area contributed by atoms with Crippen molar-refractivity contribution >= 4 is 16.5 Å². The molecule has 3 fully saturated rings. The van der Waals surface area contributed by atoms with Crippen LogP contribution in [0, 0.1) is 0 Å². The number of rotatable bonds is 5. The Morgan fingerprint density at radius 2 is 1.00 bits per heavy atom. The monoisotopic (exact) mass is 326 g/mol. The molecule has 3 saturated carbocycles. The van der Waals surface area contributed by atoms with Crippen molar-refractivity contribution in [1.82, 2.24) is 0 Å². The fourth-order valence-electron chi connectivity index (χ4n) is 4.92. The van der Waals surface area contributed by atoms with Gasteiger partial charge in [-0.25, -0.2) is 0 Å². The predicted octanol–water partition coefficient (Wildman–Crippen LogP) is 7.10. The van der Waals surface area contributed by atoms with Gasteiger partial charge in [-0.3, -0.25) is 0 Å². The van der Waals surface area contributed by atoms with Crippen molar-refractivity contribution in [2.75, 3.05) is 5.90 Å². The van der Waals surface area contributed by atoms with Crippen molar-refractivity contribution in [1.29, 1.82) is 0 Å². The van der Waals surface area contributed by atoms with Gasteiger partial charge in [-0.1, -0.05) is 65.7 Å². The summed E-state index contributed by atoms with van der Waals surface area (Å²) < 4.78 is 0. The van der Waals surface area contributed by atoms with Crippen LogP contribution in [0.3, 0.4) is 0 Å². The minimum atomic E-state index is 0.390. The summed E-state index contributed by atoms with van der Waals surface area (Å²) in [6.07, 6.45) is 23.5. The SMILES string of the molecule is C1CCC(PCP(C2CCCCC2)C2CCCCC2)CC1. The van der Waals surface area contributed by atoms with Crippen LogP contribution in [0.5, 0.6) is 0 Å². The average molecular weight is 326 g/mol. The van der Waals surface area contributed by atoms with E-state index in [9.17, 15) is 0 Å². The molecule has 0 nitrogen and oxygen atoms in total. The average Bonchev–Trinajstić information content (AvgIpc) is 2.58. The van der Waals surface area contributed by atoms with Crippen LogP contribution in [0.2, 0.25) is 0 Å². The van der Waals surface area contributed by atoms with E-state index in [4.69, 9.17) is 0 Å². The first-order valence-electron chi connectivity index (χ1n) is 9.92. The summed E-state index contributed by atoms with van der Waals surface area (Å²) in [5, 5.41) is 0. The second-order valence-electron chi connectivity index (χ2n) is 7.80. The lowest BCUT2D eigenvalue weighted by molar-refractivity contribution is 0.485. The third-order valence-corrected chi connectivity index (χ3v) is 12.5. The second kappa shape index (κ2) is 9.23. The Bertz CT molecular complexity index is 255. The lowest BCUT2D eigenvalue weighted by Crippen LogP contribution is -2.21. The first-order chi connectivity index (χ1) is 10.4. The van der Waals surface area contributed by atoms with Gasteiger partial charge in [0.15, 0.2) is 0 Å². The van der Waals surface area contributed by atoms with Gasteiger partial charge >= 0.3 is 0 Å². The zero-order chi connectivity index (χ0) is 14.3. The summed E-state index contributed by atoms with van der Waals surface area (Å²) >= 11 is 0. The minimum Gasteiger partial charge on any atom is -0.114 e. The summed E-state index contributed by atoms with van der Waals surface area (Å²) in [6.45, 7) is 0. The number of hydrogen-bond donors (Lipinski definition) is 0. The normalized spacial score (nSPS) is 27.9. The Balaban J connectivity index is 1.54. The first-order valence-corrected chi connectivity index (χ1v) is 12.9. The van der Waals surface area contributed by atoms with Gasteiger partial charge in [0.2, 0.25) is 0 Å². The third-order valence-electron chi connectivity index (χ3n) is 6.26. The highest BCUT2D eigenvalue weighted by Gasteiger charge is 2.31. The second-order valence-corrected chi connectivity index (χ2v) is 12.8. The van der Waals surface area contributed by atoms with Gasteiger partial charge in [-0.15, -0.1) is 8.58 Å². The Morgan fingerprint density at radius 1 is 0.571 bits per heavy atom. The van der Waals surface area contributed by atoms with E-state index >= 15 is 0 Å². The molecule has 122 valence electrons. The largest absolute Gasteiger partial charge is 0.114 e. The van der Waals surface area contributed by atoms with Gasteiger partial charge in [0.05, 0.1) is 0 Å². The predicted molar refractivity (Wildman–Crippen MR) is 101 cm³/mol. The molecule has 0 aromatic rings. The molecule has 0 aromatic heterocycles. The van der Waals surface area contributed by atoms with Crippen LogP contribution >= 0.6 is 16.5 Å². The maximum absolute atomic E-state index is 1.69. The molecule has 1 atom stereocenters. The molecule has 0 aliphatic heterocycles. The Labute approximate surface area is 136 Å². The van der Waals surface area contributed by atoms with Crippen LogP contribution in [0.25, 0.3) is 0 Å². The maximum atomic E-state index is 1.69. The molecule has 0 saturated heterocycles. The molecule has 0 radical (unpaired) electrons. The molecular weight excluding hydrogens is 290 g/mol. The van der Waals surface area contributed by atoms with Crippen molar-refractivity contribution in [3.05, 3.63) is 0 Å². The van der Waals surface area contributed by atoms with E-state index in [0.717, 1.165) is 5.66 Å². The molecule has 3 aliphatic rings. The topological polar surface area (TPSA) is 0 Å². The minimum absolute atomic E-state index is 0.390. The van der Waals surface area contributed by atoms with E-state index in [2.05, 4.69) is 0 Å². The maximum Gasteiger partial charge on any atom is -0.0141 e. The van der Waals surface area contributed by atoms with Crippen LogP contribution in [-0.4, -0.2) is 22.9 Å². The fraction of sp³-hybridized carbons (Fsp3) is 1.00. The Morgan fingerprint density at radius 3 is 1.48 bits per heavy atom.